The van der Waals surface area contributed by atoms with Crippen molar-refractivity contribution >= 4 is 23.1 Å². The molecule has 2 aliphatic carbocycles. The zero-order valence-electron chi connectivity index (χ0n) is 17.1. The largest absolute Gasteiger partial charge is 0.416 e. The van der Waals surface area contributed by atoms with Gasteiger partial charge >= 0.3 is 12.4 Å². The molecule has 0 amide bonds. The molecule has 0 radical (unpaired) electrons. The van der Waals surface area contributed by atoms with E-state index in [0.29, 0.717) is 40.1 Å². The molecule has 0 fully saturated rings. The fraction of sp³-hybridized carbons (Fsp3) is 0.208. The van der Waals surface area contributed by atoms with Gasteiger partial charge in [0.2, 0.25) is 6.19 Å². The monoisotopic (exact) mass is 459 g/mol. The van der Waals surface area contributed by atoms with Crippen molar-refractivity contribution in [2.75, 3.05) is 0 Å². The Hall–Kier alpha value is -3.67. The summed E-state index contributed by atoms with van der Waals surface area (Å²) in [6.45, 7) is 1.84. The minimum Gasteiger partial charge on any atom is -0.252 e. The molecule has 4 rings (SSSR count). The van der Waals surface area contributed by atoms with Crippen LogP contribution in [0.2, 0.25) is 0 Å². The molecular weight excluding hydrogens is 444 g/mol. The number of hydrogen-bond acceptors (Lipinski definition) is 3. The van der Waals surface area contributed by atoms with Gasteiger partial charge in [-0.1, -0.05) is 25.1 Å². The van der Waals surface area contributed by atoms with Gasteiger partial charge in [0.05, 0.1) is 28.2 Å². The predicted molar refractivity (Wildman–Crippen MR) is 112 cm³/mol. The van der Waals surface area contributed by atoms with Gasteiger partial charge in [-0.2, -0.15) is 36.6 Å². The van der Waals surface area contributed by atoms with Crippen LogP contribution in [-0.4, -0.2) is 11.4 Å². The summed E-state index contributed by atoms with van der Waals surface area (Å²) in [5, 5.41) is 8.96. The highest BCUT2D eigenvalue weighted by Gasteiger charge is 2.35. The summed E-state index contributed by atoms with van der Waals surface area (Å²) in [6.07, 6.45) is -3.47. The highest BCUT2D eigenvalue weighted by Crippen LogP contribution is 2.41. The van der Waals surface area contributed by atoms with E-state index in [9.17, 15) is 26.3 Å². The minimum atomic E-state index is -4.56. The Labute approximate surface area is 185 Å². The summed E-state index contributed by atoms with van der Waals surface area (Å²) in [5.41, 5.74) is 1.37. The van der Waals surface area contributed by atoms with E-state index in [4.69, 9.17) is 5.26 Å². The molecule has 0 atom stereocenters. The highest BCUT2D eigenvalue weighted by atomic mass is 19.4. The molecule has 0 spiro atoms. The Morgan fingerprint density at radius 1 is 0.909 bits per heavy atom. The van der Waals surface area contributed by atoms with Crippen molar-refractivity contribution in [3.63, 3.8) is 0 Å². The average Bonchev–Trinajstić information content (AvgIpc) is 3.25. The number of fused-ring (bicyclic) bond motifs is 2. The molecule has 33 heavy (non-hydrogen) atoms. The second kappa shape index (κ2) is 8.03. The Kier molecular flexibility index (Phi) is 5.48. The lowest BCUT2D eigenvalue weighted by Gasteiger charge is -2.10. The normalized spacial score (nSPS) is 19.1. The standard InChI is InChI=1S/C24H15F6N3/c1-2-3-16-18-9-14(23(25,26)27)5-4-13(18)8-21(16)33-22-11-20(32-12-31)19-10-15(24(28,29)30)6-7-17(19)22/h3-10H,2,11H2,1H3/b16-3+,32-20-,33-22+. The van der Waals surface area contributed by atoms with Crippen molar-refractivity contribution in [2.24, 2.45) is 9.98 Å². The lowest BCUT2D eigenvalue weighted by molar-refractivity contribution is -0.138. The first-order valence-corrected chi connectivity index (χ1v) is 9.92. The van der Waals surface area contributed by atoms with E-state index in [1.807, 2.05) is 6.92 Å². The number of aliphatic imine (C=N–C) groups is 2. The number of nitriles is 1. The lowest BCUT2D eigenvalue weighted by atomic mass is 10.0. The number of rotatable bonds is 2. The molecule has 2 aromatic rings. The summed E-state index contributed by atoms with van der Waals surface area (Å²) in [7, 11) is 0. The molecule has 9 heteroatoms. The van der Waals surface area contributed by atoms with Gasteiger partial charge in [0.15, 0.2) is 0 Å². The summed E-state index contributed by atoms with van der Waals surface area (Å²) >= 11 is 0. The third kappa shape index (κ3) is 4.21. The number of alkyl halides is 6. The van der Waals surface area contributed by atoms with Crippen LogP contribution in [0.5, 0.6) is 0 Å². The number of benzene rings is 2. The first-order chi connectivity index (χ1) is 15.5. The van der Waals surface area contributed by atoms with Gasteiger partial charge in [0, 0.05) is 23.1 Å². The summed E-state index contributed by atoms with van der Waals surface area (Å²) in [5.74, 6) is 0. The van der Waals surface area contributed by atoms with E-state index in [-0.39, 0.29) is 17.7 Å². The fourth-order valence-electron chi connectivity index (χ4n) is 3.93. The van der Waals surface area contributed by atoms with E-state index >= 15 is 0 Å². The van der Waals surface area contributed by atoms with Gasteiger partial charge in [-0.05, 0) is 47.9 Å². The Balaban J connectivity index is 1.80. The van der Waals surface area contributed by atoms with Crippen LogP contribution in [0, 0.1) is 11.5 Å². The van der Waals surface area contributed by atoms with Gasteiger partial charge < -0.3 is 0 Å². The van der Waals surface area contributed by atoms with Crippen LogP contribution in [0.3, 0.4) is 0 Å². The second-order valence-electron chi connectivity index (χ2n) is 7.51. The van der Waals surface area contributed by atoms with Gasteiger partial charge in [0.25, 0.3) is 0 Å². The first-order valence-electron chi connectivity index (χ1n) is 9.92. The van der Waals surface area contributed by atoms with Crippen molar-refractivity contribution in [1.29, 1.82) is 5.26 Å². The molecule has 3 nitrogen and oxygen atoms in total. The molecule has 0 unspecified atom stereocenters. The van der Waals surface area contributed by atoms with Crippen molar-refractivity contribution < 1.29 is 26.3 Å². The molecule has 0 saturated carbocycles. The Bertz CT molecular complexity index is 1300. The molecule has 168 valence electrons. The van der Waals surface area contributed by atoms with Gasteiger partial charge in [0.1, 0.15) is 0 Å². The fourth-order valence-corrected chi connectivity index (χ4v) is 3.93. The van der Waals surface area contributed by atoms with Crippen LogP contribution in [0.4, 0.5) is 26.3 Å². The maximum Gasteiger partial charge on any atom is 0.416 e. The Morgan fingerprint density at radius 3 is 2.15 bits per heavy atom. The molecule has 2 aliphatic rings. The quantitative estimate of drug-likeness (QED) is 0.351. The molecule has 2 aromatic carbocycles. The van der Waals surface area contributed by atoms with Crippen LogP contribution >= 0.6 is 0 Å². The summed E-state index contributed by atoms with van der Waals surface area (Å²) in [6, 6.07) is 6.58. The number of allylic oxidation sites excluding steroid dienone is 2. The minimum absolute atomic E-state index is 0.0328. The molecule has 0 aliphatic heterocycles. The predicted octanol–water partition coefficient (Wildman–Crippen LogP) is 7.04. The summed E-state index contributed by atoms with van der Waals surface area (Å²) in [4.78, 5) is 8.27. The lowest BCUT2D eigenvalue weighted by Crippen LogP contribution is -2.06. The number of hydrogen-bond donors (Lipinski definition) is 0. The maximum absolute atomic E-state index is 13.2. The third-order valence-electron chi connectivity index (χ3n) is 5.39. The maximum atomic E-state index is 13.2. The second-order valence-corrected chi connectivity index (χ2v) is 7.51. The molecular formula is C24H15F6N3. The van der Waals surface area contributed by atoms with Crippen LogP contribution in [-0.2, 0) is 12.4 Å². The van der Waals surface area contributed by atoms with E-state index in [1.54, 1.807) is 18.3 Å². The Morgan fingerprint density at radius 2 is 1.55 bits per heavy atom. The topological polar surface area (TPSA) is 48.5 Å². The van der Waals surface area contributed by atoms with Crippen molar-refractivity contribution in [2.45, 2.75) is 32.1 Å². The molecule has 0 bridgehead atoms. The molecule has 0 aromatic heterocycles. The van der Waals surface area contributed by atoms with E-state index in [2.05, 4.69) is 9.98 Å². The van der Waals surface area contributed by atoms with Crippen LogP contribution in [0.15, 0.2) is 58.2 Å². The molecule has 0 saturated heterocycles. The zero-order valence-corrected chi connectivity index (χ0v) is 17.1. The van der Waals surface area contributed by atoms with E-state index in [1.165, 1.54) is 12.1 Å². The highest BCUT2D eigenvalue weighted by molar-refractivity contribution is 6.28. The first kappa shape index (κ1) is 22.5. The van der Waals surface area contributed by atoms with Crippen LogP contribution < -0.4 is 0 Å². The van der Waals surface area contributed by atoms with Crippen LogP contribution in [0.1, 0.15) is 53.1 Å². The van der Waals surface area contributed by atoms with Gasteiger partial charge in [-0.25, -0.2) is 0 Å². The van der Waals surface area contributed by atoms with Crippen molar-refractivity contribution in [3.05, 3.63) is 81.6 Å². The van der Waals surface area contributed by atoms with E-state index < -0.39 is 23.5 Å². The van der Waals surface area contributed by atoms with E-state index in [0.717, 1.165) is 24.3 Å². The zero-order chi connectivity index (χ0) is 24.0. The van der Waals surface area contributed by atoms with Crippen molar-refractivity contribution in [1.82, 2.24) is 0 Å². The molecule has 0 heterocycles. The third-order valence-corrected chi connectivity index (χ3v) is 5.39. The van der Waals surface area contributed by atoms with Gasteiger partial charge in [-0.15, -0.1) is 0 Å². The van der Waals surface area contributed by atoms with Crippen LogP contribution in [0.25, 0.3) is 11.6 Å². The van der Waals surface area contributed by atoms with Crippen molar-refractivity contribution in [3.8, 4) is 6.19 Å². The average molecular weight is 459 g/mol. The molecule has 0 N–H and O–H groups in total. The number of nitrogens with zero attached hydrogens (tertiary/aromatic N) is 3. The smallest absolute Gasteiger partial charge is 0.252 e. The SMILES string of the molecule is CC/C=C1/C(/N=C2\C/C(=N/C#N)c3cc(C(F)(F)F)ccc32)=Cc2ccc(C(F)(F)F)cc21. The number of halogens is 6. The summed E-state index contributed by atoms with van der Waals surface area (Å²) < 4.78 is 79.1. The van der Waals surface area contributed by atoms with Gasteiger partial charge in [-0.3, -0.25) is 4.99 Å².